The first-order chi connectivity index (χ1) is 8.67. The Labute approximate surface area is 106 Å². The molecule has 0 aromatic carbocycles. The number of nitrogens with zero attached hydrogens (tertiary/aromatic N) is 2. The van der Waals surface area contributed by atoms with Crippen molar-refractivity contribution < 1.29 is 14.6 Å². The molecule has 0 aliphatic carbocycles. The molecule has 3 heterocycles. The summed E-state index contributed by atoms with van der Waals surface area (Å²) >= 11 is 0. The molecule has 5 heteroatoms. The van der Waals surface area contributed by atoms with Crippen LogP contribution in [0.4, 0.5) is 0 Å². The highest BCUT2D eigenvalue weighted by Gasteiger charge is 2.45. The molecule has 0 aromatic heterocycles. The summed E-state index contributed by atoms with van der Waals surface area (Å²) < 4.78 is 5.26. The van der Waals surface area contributed by atoms with E-state index in [4.69, 9.17) is 4.74 Å². The van der Waals surface area contributed by atoms with E-state index in [0.717, 1.165) is 25.1 Å². The maximum Gasteiger partial charge on any atom is 0.274 e. The third-order valence-electron chi connectivity index (χ3n) is 4.02. The fourth-order valence-electron chi connectivity index (χ4n) is 3.16. The number of hydrogen-bond acceptors (Lipinski definition) is 4. The first-order valence-corrected chi connectivity index (χ1v) is 6.42. The van der Waals surface area contributed by atoms with Crippen LogP contribution in [0.2, 0.25) is 0 Å². The molecule has 2 saturated heterocycles. The van der Waals surface area contributed by atoms with Crippen LogP contribution in [0.15, 0.2) is 23.2 Å². The lowest BCUT2D eigenvalue weighted by molar-refractivity contribution is -0.132. The summed E-state index contributed by atoms with van der Waals surface area (Å²) in [6, 6.07) is 0.335. The van der Waals surface area contributed by atoms with Crippen LogP contribution in [-0.2, 0) is 9.53 Å². The maximum atomic E-state index is 12.4. The molecule has 1 unspecified atom stereocenters. The monoisotopic (exact) mass is 250 g/mol. The van der Waals surface area contributed by atoms with Crippen LogP contribution >= 0.6 is 0 Å². The van der Waals surface area contributed by atoms with Gasteiger partial charge in [0.05, 0.1) is 13.2 Å². The largest absolute Gasteiger partial charge is 0.496 e. The molecule has 0 saturated carbocycles. The third-order valence-corrected chi connectivity index (χ3v) is 4.02. The van der Waals surface area contributed by atoms with E-state index in [1.54, 1.807) is 6.08 Å². The zero-order valence-electron chi connectivity index (χ0n) is 10.7. The molecule has 0 spiro atoms. The summed E-state index contributed by atoms with van der Waals surface area (Å²) in [6.45, 7) is 3.44. The minimum Gasteiger partial charge on any atom is -0.496 e. The average Bonchev–Trinajstić information content (AvgIpc) is 2.76. The Bertz CT molecular complexity index is 455. The molecule has 3 rings (SSSR count). The second kappa shape index (κ2) is 4.02. The summed E-state index contributed by atoms with van der Waals surface area (Å²) in [7, 11) is 1.51. The van der Waals surface area contributed by atoms with Gasteiger partial charge < -0.3 is 19.6 Å². The van der Waals surface area contributed by atoms with Crippen LogP contribution in [0.3, 0.4) is 0 Å². The van der Waals surface area contributed by atoms with E-state index in [2.05, 4.69) is 4.90 Å². The second-order valence-electron chi connectivity index (χ2n) is 4.93. The topological polar surface area (TPSA) is 53.0 Å². The minimum absolute atomic E-state index is 0.0304. The predicted octanol–water partition coefficient (Wildman–Crippen LogP) is 0.429. The lowest BCUT2D eigenvalue weighted by atomic mass is 10.0. The molecule has 3 aliphatic rings. The van der Waals surface area contributed by atoms with Gasteiger partial charge >= 0.3 is 0 Å². The summed E-state index contributed by atoms with van der Waals surface area (Å²) in [6.07, 6.45) is 2.96. The number of methoxy groups -OCH3 is 1. The van der Waals surface area contributed by atoms with Crippen molar-refractivity contribution >= 4 is 5.91 Å². The summed E-state index contributed by atoms with van der Waals surface area (Å²) in [5.74, 6) is 0.353. The van der Waals surface area contributed by atoms with Gasteiger partial charge in [0.15, 0.2) is 5.76 Å². The molecule has 1 amide bonds. The van der Waals surface area contributed by atoms with Gasteiger partial charge in [0.25, 0.3) is 5.91 Å². The molecule has 0 aromatic rings. The van der Waals surface area contributed by atoms with E-state index >= 15 is 0 Å². The summed E-state index contributed by atoms with van der Waals surface area (Å²) in [4.78, 5) is 16.3. The van der Waals surface area contributed by atoms with Crippen LogP contribution in [0, 0.1) is 0 Å². The van der Waals surface area contributed by atoms with Crippen LogP contribution in [-0.4, -0.2) is 53.2 Å². The molecule has 18 heavy (non-hydrogen) atoms. The van der Waals surface area contributed by atoms with Gasteiger partial charge in [-0.2, -0.15) is 0 Å². The van der Waals surface area contributed by atoms with Gasteiger partial charge in [-0.1, -0.05) is 0 Å². The van der Waals surface area contributed by atoms with E-state index in [-0.39, 0.29) is 5.91 Å². The molecule has 2 atom stereocenters. The molecule has 3 aliphatic heterocycles. The quantitative estimate of drug-likeness (QED) is 0.772. The van der Waals surface area contributed by atoms with E-state index in [1.807, 2.05) is 11.8 Å². The first-order valence-electron chi connectivity index (χ1n) is 6.42. The lowest BCUT2D eigenvalue weighted by Crippen LogP contribution is -2.53. The standard InChI is InChI=1S/C13H18N2O3/c1-3-14-7-9-5-4-8-6-10(16)12(18-2)11(13(14)17)15(8)9/h6,9-10,16H,3-5,7H2,1-2H3/t9-,10?/m0/s1. The Morgan fingerprint density at radius 1 is 1.56 bits per heavy atom. The Morgan fingerprint density at radius 2 is 2.33 bits per heavy atom. The molecule has 0 radical (unpaired) electrons. The number of amides is 1. The molecule has 0 bridgehead atoms. The summed E-state index contributed by atoms with van der Waals surface area (Å²) in [5.41, 5.74) is 1.60. The van der Waals surface area contributed by atoms with Crippen LogP contribution in [0.25, 0.3) is 0 Å². The molecule has 1 N–H and O–H groups in total. The first kappa shape index (κ1) is 11.6. The zero-order chi connectivity index (χ0) is 12.9. The Hall–Kier alpha value is -1.49. The second-order valence-corrected chi connectivity index (χ2v) is 4.93. The Morgan fingerprint density at radius 3 is 3.00 bits per heavy atom. The van der Waals surface area contributed by atoms with Crippen LogP contribution in [0.1, 0.15) is 19.8 Å². The minimum atomic E-state index is -0.796. The number of allylic oxidation sites excluding steroid dienone is 1. The lowest BCUT2D eigenvalue weighted by Gasteiger charge is -2.42. The van der Waals surface area contributed by atoms with Gasteiger partial charge in [0.1, 0.15) is 11.8 Å². The van der Waals surface area contributed by atoms with Gasteiger partial charge in [0, 0.05) is 18.8 Å². The number of aliphatic hydroxyl groups excluding tert-OH is 1. The van der Waals surface area contributed by atoms with E-state index in [0.29, 0.717) is 24.0 Å². The van der Waals surface area contributed by atoms with Crippen LogP contribution < -0.4 is 0 Å². The SMILES string of the molecule is CCN1C[C@@H]2CCC3=CC(O)C(OC)=C(C1=O)N32. The van der Waals surface area contributed by atoms with Gasteiger partial charge in [-0.05, 0) is 25.8 Å². The predicted molar refractivity (Wildman–Crippen MR) is 65.2 cm³/mol. The maximum absolute atomic E-state index is 12.4. The normalized spacial score (nSPS) is 30.6. The van der Waals surface area contributed by atoms with Gasteiger partial charge in [0.2, 0.25) is 0 Å². The Balaban J connectivity index is 2.10. The summed E-state index contributed by atoms with van der Waals surface area (Å²) in [5, 5.41) is 10.0. The molecule has 2 fully saturated rings. The fourth-order valence-corrected chi connectivity index (χ4v) is 3.16. The molecular formula is C13H18N2O3. The van der Waals surface area contributed by atoms with Crippen molar-refractivity contribution in [2.75, 3.05) is 20.2 Å². The smallest absolute Gasteiger partial charge is 0.274 e. The van der Waals surface area contributed by atoms with Gasteiger partial charge in [-0.15, -0.1) is 0 Å². The van der Waals surface area contributed by atoms with Crippen molar-refractivity contribution in [3.05, 3.63) is 23.2 Å². The molecule has 98 valence electrons. The van der Waals surface area contributed by atoms with Crippen molar-refractivity contribution in [1.29, 1.82) is 0 Å². The third kappa shape index (κ3) is 1.40. The number of carbonyl (C=O) groups excluding carboxylic acids is 1. The number of rotatable bonds is 2. The highest BCUT2D eigenvalue weighted by atomic mass is 16.5. The number of piperazine rings is 1. The average molecular weight is 250 g/mol. The van der Waals surface area contributed by atoms with E-state index in [9.17, 15) is 9.90 Å². The molecular weight excluding hydrogens is 232 g/mol. The number of hydrogen-bond donors (Lipinski definition) is 1. The fraction of sp³-hybridized carbons (Fsp3) is 0.615. The Kier molecular flexibility index (Phi) is 2.59. The van der Waals surface area contributed by atoms with Gasteiger partial charge in [-0.25, -0.2) is 0 Å². The van der Waals surface area contributed by atoms with Crippen molar-refractivity contribution in [2.45, 2.75) is 31.9 Å². The van der Waals surface area contributed by atoms with Crippen molar-refractivity contribution in [2.24, 2.45) is 0 Å². The van der Waals surface area contributed by atoms with E-state index < -0.39 is 6.10 Å². The van der Waals surface area contributed by atoms with Crippen molar-refractivity contribution in [3.63, 3.8) is 0 Å². The van der Waals surface area contributed by atoms with E-state index in [1.165, 1.54) is 7.11 Å². The molecule has 5 nitrogen and oxygen atoms in total. The number of aliphatic hydroxyl groups is 1. The highest BCUT2D eigenvalue weighted by molar-refractivity contribution is 5.95. The zero-order valence-corrected chi connectivity index (χ0v) is 10.7. The number of ether oxygens (including phenoxy) is 1. The van der Waals surface area contributed by atoms with Crippen molar-refractivity contribution in [3.8, 4) is 0 Å². The van der Waals surface area contributed by atoms with Crippen molar-refractivity contribution in [1.82, 2.24) is 9.80 Å². The van der Waals surface area contributed by atoms with Gasteiger partial charge in [-0.3, -0.25) is 4.79 Å². The number of likely N-dealkylation sites (N-methyl/N-ethyl adjacent to an activating group) is 1. The van der Waals surface area contributed by atoms with Crippen LogP contribution in [0.5, 0.6) is 0 Å². The highest BCUT2D eigenvalue weighted by Crippen LogP contribution is 2.40. The number of carbonyl (C=O) groups is 1.